The normalized spacial score (nSPS) is 15.6. The van der Waals surface area contributed by atoms with Crippen molar-refractivity contribution in [2.24, 2.45) is 15.2 Å². The molecule has 0 saturated heterocycles. The number of halogens is 1. The van der Waals surface area contributed by atoms with Gasteiger partial charge in [-0.15, -0.1) is 10.2 Å². The zero-order valence-electron chi connectivity index (χ0n) is 15.5. The Morgan fingerprint density at radius 1 is 1.13 bits per heavy atom. The van der Waals surface area contributed by atoms with Crippen LogP contribution in [0, 0.1) is 0 Å². The van der Waals surface area contributed by atoms with E-state index in [1.165, 1.54) is 18.4 Å². The van der Waals surface area contributed by atoms with Gasteiger partial charge in [-0.3, -0.25) is 9.59 Å². The molecule has 0 unspecified atom stereocenters. The van der Waals surface area contributed by atoms with Gasteiger partial charge in [-0.2, -0.15) is 4.99 Å². The fourth-order valence-electron chi connectivity index (χ4n) is 3.11. The van der Waals surface area contributed by atoms with Crippen LogP contribution in [0.4, 0.5) is 5.69 Å². The molecule has 3 heterocycles. The predicted molar refractivity (Wildman–Crippen MR) is 120 cm³/mol. The third-order valence-corrected chi connectivity index (χ3v) is 5.66. The van der Waals surface area contributed by atoms with Crippen LogP contribution in [0.3, 0.4) is 0 Å². The minimum atomic E-state index is -0.548. The van der Waals surface area contributed by atoms with Gasteiger partial charge in [0.25, 0.3) is 5.91 Å². The van der Waals surface area contributed by atoms with Gasteiger partial charge < -0.3 is 14.5 Å². The van der Waals surface area contributed by atoms with Crippen LogP contribution in [0.1, 0.15) is 5.56 Å². The summed E-state index contributed by atoms with van der Waals surface area (Å²) < 4.78 is 5.47. The second-order valence-electron chi connectivity index (χ2n) is 6.54. The van der Waals surface area contributed by atoms with E-state index in [0.29, 0.717) is 26.9 Å². The van der Waals surface area contributed by atoms with Gasteiger partial charge in [-0.25, -0.2) is 0 Å². The molecule has 10 heteroatoms. The molecule has 1 aliphatic rings. The molecule has 0 aliphatic carbocycles. The summed E-state index contributed by atoms with van der Waals surface area (Å²) in [5.74, 6) is -0.684. The number of fused-ring (bicyclic) bond motifs is 2. The Morgan fingerprint density at radius 3 is 2.84 bits per heavy atom. The molecular weight excluding hydrogens is 440 g/mol. The van der Waals surface area contributed by atoms with E-state index in [2.05, 4.69) is 20.2 Å². The Balaban J connectivity index is 1.44. The molecule has 8 nitrogen and oxygen atoms in total. The van der Waals surface area contributed by atoms with Crippen molar-refractivity contribution in [2.75, 3.05) is 0 Å². The van der Waals surface area contributed by atoms with E-state index in [-0.39, 0.29) is 32.6 Å². The fraction of sp³-hybridized carbons (Fsp3) is 0. The lowest BCUT2D eigenvalue weighted by molar-refractivity contribution is -0.113. The molecule has 2 N–H and O–H groups in total. The standard InChI is InChI=1S/C21H11ClN4O4S/c22-11-5-6-15-13(8-11)18(27)10(9-30-15)7-16-19(28)24-21(31-16)26-25-17-12-3-1-2-4-14(12)23-20(17)29/h1-9,23,29H. The van der Waals surface area contributed by atoms with Gasteiger partial charge in [-0.05, 0) is 42.1 Å². The largest absolute Gasteiger partial charge is 0.493 e. The minimum absolute atomic E-state index is 0.0918. The highest BCUT2D eigenvalue weighted by Gasteiger charge is 2.23. The summed E-state index contributed by atoms with van der Waals surface area (Å²) >= 11 is 6.93. The predicted octanol–water partition coefficient (Wildman–Crippen LogP) is 5.39. The highest BCUT2D eigenvalue weighted by molar-refractivity contribution is 8.18. The number of thioether (sulfide) groups is 1. The second kappa shape index (κ2) is 7.53. The second-order valence-corrected chi connectivity index (χ2v) is 7.98. The van der Waals surface area contributed by atoms with Crippen molar-refractivity contribution in [1.82, 2.24) is 4.98 Å². The number of rotatable bonds is 2. The van der Waals surface area contributed by atoms with E-state index in [9.17, 15) is 14.7 Å². The molecular formula is C21H11ClN4O4S. The first kappa shape index (κ1) is 19.3. The van der Waals surface area contributed by atoms with E-state index in [1.54, 1.807) is 24.3 Å². The average molecular weight is 451 g/mol. The quantitative estimate of drug-likeness (QED) is 0.313. The molecule has 31 heavy (non-hydrogen) atoms. The van der Waals surface area contributed by atoms with Crippen LogP contribution >= 0.6 is 23.4 Å². The van der Waals surface area contributed by atoms with Crippen LogP contribution in [0.15, 0.2) is 78.1 Å². The minimum Gasteiger partial charge on any atom is -0.493 e. The van der Waals surface area contributed by atoms with Crippen molar-refractivity contribution in [3.63, 3.8) is 0 Å². The summed E-state index contributed by atoms with van der Waals surface area (Å²) in [6.45, 7) is 0. The van der Waals surface area contributed by atoms with Crippen molar-refractivity contribution in [1.29, 1.82) is 0 Å². The number of aromatic hydroxyl groups is 1. The van der Waals surface area contributed by atoms with Gasteiger partial charge >= 0.3 is 0 Å². The van der Waals surface area contributed by atoms with Gasteiger partial charge in [0.2, 0.25) is 11.0 Å². The molecule has 1 aliphatic heterocycles. The van der Waals surface area contributed by atoms with Crippen LogP contribution in [0.25, 0.3) is 27.9 Å². The van der Waals surface area contributed by atoms with E-state index in [1.807, 2.05) is 12.1 Å². The lowest BCUT2D eigenvalue weighted by Crippen LogP contribution is -2.05. The zero-order valence-corrected chi connectivity index (χ0v) is 17.1. The molecule has 4 aromatic rings. The lowest BCUT2D eigenvalue weighted by Gasteiger charge is -1.99. The zero-order chi connectivity index (χ0) is 21.5. The average Bonchev–Trinajstić information content (AvgIpc) is 3.27. The molecule has 0 radical (unpaired) electrons. The molecule has 0 atom stereocenters. The SMILES string of the molecule is O=C1N=C(N=Nc2c(O)[nH]c3ccccc23)SC1=Cc1coc2ccc(Cl)cc2c1=O. The number of azo groups is 1. The van der Waals surface area contributed by atoms with E-state index in [4.69, 9.17) is 16.0 Å². The molecule has 5 rings (SSSR count). The molecule has 0 bridgehead atoms. The number of hydrogen-bond acceptors (Lipinski definition) is 7. The van der Waals surface area contributed by atoms with Gasteiger partial charge in [0.15, 0.2) is 11.1 Å². The van der Waals surface area contributed by atoms with Crippen molar-refractivity contribution in [3.8, 4) is 5.88 Å². The van der Waals surface area contributed by atoms with Gasteiger partial charge in [0.1, 0.15) is 11.8 Å². The number of nitrogens with one attached hydrogen (secondary N) is 1. The van der Waals surface area contributed by atoms with E-state index < -0.39 is 5.91 Å². The van der Waals surface area contributed by atoms with Crippen LogP contribution < -0.4 is 5.43 Å². The van der Waals surface area contributed by atoms with Gasteiger partial charge in [0.05, 0.1) is 21.4 Å². The molecule has 1 amide bonds. The maximum atomic E-state index is 12.7. The number of carbonyl (C=O) groups is 1. The third kappa shape index (κ3) is 3.54. The monoisotopic (exact) mass is 450 g/mol. The number of H-pyrrole nitrogens is 1. The molecule has 152 valence electrons. The number of benzene rings is 2. The summed E-state index contributed by atoms with van der Waals surface area (Å²) in [7, 11) is 0. The molecule has 0 saturated carbocycles. The fourth-order valence-corrected chi connectivity index (χ4v) is 4.00. The summed E-state index contributed by atoms with van der Waals surface area (Å²) in [5.41, 5.74) is 1.22. The molecule has 2 aromatic heterocycles. The maximum absolute atomic E-state index is 12.7. The molecule has 2 aromatic carbocycles. The number of amidine groups is 1. The van der Waals surface area contributed by atoms with Crippen LogP contribution in [-0.2, 0) is 4.79 Å². The lowest BCUT2D eigenvalue weighted by atomic mass is 10.1. The first-order valence-corrected chi connectivity index (χ1v) is 10.1. The Hall–Kier alpha value is -3.69. The smallest absolute Gasteiger partial charge is 0.286 e. The first-order chi connectivity index (χ1) is 15.0. The number of aliphatic imine (C=N–C) groups is 1. The number of amides is 1. The number of hydrogen-bond donors (Lipinski definition) is 2. The van der Waals surface area contributed by atoms with Crippen molar-refractivity contribution >= 4 is 68.1 Å². The molecule has 0 spiro atoms. The Morgan fingerprint density at radius 2 is 1.97 bits per heavy atom. The highest BCUT2D eigenvalue weighted by Crippen LogP contribution is 2.36. The number of aromatic amines is 1. The van der Waals surface area contributed by atoms with E-state index >= 15 is 0 Å². The van der Waals surface area contributed by atoms with Gasteiger partial charge in [-0.1, -0.05) is 29.8 Å². The summed E-state index contributed by atoms with van der Waals surface area (Å²) in [5, 5.41) is 19.6. The number of nitrogens with zero attached hydrogens (tertiary/aromatic N) is 3. The Kier molecular flexibility index (Phi) is 4.68. The van der Waals surface area contributed by atoms with Gasteiger partial charge in [0, 0.05) is 10.4 Å². The highest BCUT2D eigenvalue weighted by atomic mass is 35.5. The first-order valence-electron chi connectivity index (χ1n) is 8.94. The van der Waals surface area contributed by atoms with Crippen LogP contribution in [0.2, 0.25) is 5.02 Å². The Labute approximate surface area is 183 Å². The van der Waals surface area contributed by atoms with Crippen LogP contribution in [0.5, 0.6) is 5.88 Å². The van der Waals surface area contributed by atoms with E-state index in [0.717, 1.165) is 11.8 Å². The van der Waals surface area contributed by atoms with Crippen molar-refractivity contribution < 1.29 is 14.3 Å². The van der Waals surface area contributed by atoms with Crippen molar-refractivity contribution in [2.45, 2.75) is 0 Å². The maximum Gasteiger partial charge on any atom is 0.286 e. The Bertz CT molecular complexity index is 1530. The summed E-state index contributed by atoms with van der Waals surface area (Å²) in [4.78, 5) is 31.8. The number of carbonyl (C=O) groups excluding carboxylic acids is 1. The number of para-hydroxylation sites is 1. The topological polar surface area (TPSA) is 120 Å². The summed E-state index contributed by atoms with van der Waals surface area (Å²) in [6.07, 6.45) is 2.68. The van der Waals surface area contributed by atoms with Crippen molar-refractivity contribution in [3.05, 3.63) is 74.4 Å². The third-order valence-electron chi connectivity index (χ3n) is 4.55. The molecule has 0 fully saturated rings. The number of aromatic nitrogens is 1. The van der Waals surface area contributed by atoms with Crippen LogP contribution in [-0.4, -0.2) is 21.2 Å². The summed E-state index contributed by atoms with van der Waals surface area (Å²) in [6, 6.07) is 11.9.